The van der Waals surface area contributed by atoms with E-state index in [9.17, 15) is 14.7 Å². The van der Waals surface area contributed by atoms with Crippen molar-refractivity contribution in [3.8, 4) is 17.5 Å². The molecule has 120 valence electrons. The van der Waals surface area contributed by atoms with Crippen LogP contribution in [0.3, 0.4) is 0 Å². The highest BCUT2D eigenvalue weighted by atomic mass is 16.6. The first-order valence-corrected chi connectivity index (χ1v) is 6.67. The minimum absolute atomic E-state index is 0.152. The number of nitrogens with zero attached hydrogens (tertiary/aromatic N) is 1. The van der Waals surface area contributed by atoms with Crippen molar-refractivity contribution in [3.05, 3.63) is 48.0 Å². The van der Waals surface area contributed by atoms with Gasteiger partial charge in [0, 0.05) is 6.07 Å². The number of rotatable bonds is 5. The minimum Gasteiger partial charge on any atom is -0.503 e. The summed E-state index contributed by atoms with van der Waals surface area (Å²) in [7, 11) is 0. The molecule has 0 aliphatic carbocycles. The van der Waals surface area contributed by atoms with Crippen LogP contribution >= 0.6 is 0 Å². The van der Waals surface area contributed by atoms with E-state index >= 15 is 0 Å². The molecule has 2 rings (SSSR count). The van der Waals surface area contributed by atoms with Gasteiger partial charge in [-0.05, 0) is 11.6 Å². The third kappa shape index (κ3) is 4.97. The Labute approximate surface area is 131 Å². The lowest BCUT2D eigenvalue weighted by Crippen LogP contribution is -2.37. The summed E-state index contributed by atoms with van der Waals surface area (Å²) in [5, 5.41) is 11.5. The summed E-state index contributed by atoms with van der Waals surface area (Å²) in [6.07, 6.45) is -1.09. The van der Waals surface area contributed by atoms with Gasteiger partial charge in [0.15, 0.2) is 5.75 Å². The number of nitrogens with one attached hydrogen (secondary N) is 1. The Morgan fingerprint density at radius 1 is 1.17 bits per heavy atom. The fourth-order valence-corrected chi connectivity index (χ4v) is 1.58. The molecule has 1 heterocycles. The summed E-state index contributed by atoms with van der Waals surface area (Å²) in [5.41, 5.74) is 5.98. The van der Waals surface area contributed by atoms with Crippen LogP contribution in [0.25, 0.3) is 0 Å². The predicted molar refractivity (Wildman–Crippen MR) is 79.9 cm³/mol. The number of benzene rings is 1. The standard InChI is InChI=1S/C15H15N3O5/c16-8-12(20)17-15(21)23-14-11(19)6-7-13(18-14)22-9-10-4-2-1-3-5-10/h1-7,19H,8-9,16H2,(H,17,20,21). The van der Waals surface area contributed by atoms with Gasteiger partial charge in [-0.2, -0.15) is 4.98 Å². The van der Waals surface area contributed by atoms with Crippen LogP contribution in [0.15, 0.2) is 42.5 Å². The van der Waals surface area contributed by atoms with Gasteiger partial charge in [-0.1, -0.05) is 30.3 Å². The Morgan fingerprint density at radius 3 is 2.61 bits per heavy atom. The van der Waals surface area contributed by atoms with Crippen molar-refractivity contribution < 1.29 is 24.2 Å². The van der Waals surface area contributed by atoms with Crippen LogP contribution in [0.4, 0.5) is 4.79 Å². The SMILES string of the molecule is NCC(=O)NC(=O)Oc1nc(OCc2ccccc2)ccc1O. The predicted octanol–water partition coefficient (Wildman–Crippen LogP) is 0.940. The van der Waals surface area contributed by atoms with Crippen molar-refractivity contribution in [1.29, 1.82) is 0 Å². The fourth-order valence-electron chi connectivity index (χ4n) is 1.58. The highest BCUT2D eigenvalue weighted by Gasteiger charge is 2.14. The Morgan fingerprint density at radius 2 is 1.91 bits per heavy atom. The van der Waals surface area contributed by atoms with Crippen LogP contribution in [0, 0.1) is 0 Å². The number of aromatic hydroxyl groups is 1. The zero-order valence-corrected chi connectivity index (χ0v) is 12.1. The van der Waals surface area contributed by atoms with Crippen molar-refractivity contribution in [2.45, 2.75) is 6.61 Å². The van der Waals surface area contributed by atoms with Crippen LogP contribution in [0.5, 0.6) is 17.5 Å². The largest absolute Gasteiger partial charge is 0.503 e. The number of ether oxygens (including phenoxy) is 2. The van der Waals surface area contributed by atoms with Crippen molar-refractivity contribution in [2.24, 2.45) is 5.73 Å². The molecule has 1 aromatic carbocycles. The zero-order chi connectivity index (χ0) is 16.7. The van der Waals surface area contributed by atoms with E-state index in [1.54, 1.807) is 0 Å². The maximum absolute atomic E-state index is 11.4. The van der Waals surface area contributed by atoms with Gasteiger partial charge in [0.25, 0.3) is 5.88 Å². The van der Waals surface area contributed by atoms with Gasteiger partial charge in [-0.3, -0.25) is 10.1 Å². The molecule has 0 saturated heterocycles. The van der Waals surface area contributed by atoms with Gasteiger partial charge in [0.2, 0.25) is 11.8 Å². The van der Waals surface area contributed by atoms with E-state index in [0.29, 0.717) is 0 Å². The second-order valence-corrected chi connectivity index (χ2v) is 4.39. The lowest BCUT2D eigenvalue weighted by atomic mass is 10.2. The molecule has 1 aromatic heterocycles. The number of carbonyl (C=O) groups is 2. The highest BCUT2D eigenvalue weighted by Crippen LogP contribution is 2.26. The minimum atomic E-state index is -1.09. The van der Waals surface area contributed by atoms with Crippen LogP contribution in [-0.4, -0.2) is 28.6 Å². The van der Waals surface area contributed by atoms with E-state index in [4.69, 9.17) is 15.2 Å². The molecule has 8 nitrogen and oxygen atoms in total. The number of hydrogen-bond donors (Lipinski definition) is 3. The molecule has 0 aliphatic heterocycles. The van der Waals surface area contributed by atoms with Gasteiger partial charge < -0.3 is 20.3 Å². The highest BCUT2D eigenvalue weighted by molar-refractivity contribution is 5.93. The van der Waals surface area contributed by atoms with Crippen molar-refractivity contribution in [1.82, 2.24) is 10.3 Å². The summed E-state index contributed by atoms with van der Waals surface area (Å²) in [4.78, 5) is 26.3. The topological polar surface area (TPSA) is 124 Å². The third-order valence-electron chi connectivity index (χ3n) is 2.66. The summed E-state index contributed by atoms with van der Waals surface area (Å²) >= 11 is 0. The molecule has 0 fully saturated rings. The van der Waals surface area contributed by atoms with E-state index in [0.717, 1.165) is 5.56 Å². The van der Waals surface area contributed by atoms with Crippen molar-refractivity contribution in [3.63, 3.8) is 0 Å². The van der Waals surface area contributed by atoms with E-state index in [1.807, 2.05) is 35.6 Å². The molecule has 0 bridgehead atoms. The molecule has 8 heteroatoms. The lowest BCUT2D eigenvalue weighted by Gasteiger charge is -2.09. The van der Waals surface area contributed by atoms with Crippen LogP contribution in [0.1, 0.15) is 5.56 Å². The summed E-state index contributed by atoms with van der Waals surface area (Å²) in [5.74, 6) is -1.31. The molecule has 2 amide bonds. The maximum atomic E-state index is 11.4. The van der Waals surface area contributed by atoms with Crippen molar-refractivity contribution >= 4 is 12.0 Å². The summed E-state index contributed by atoms with van der Waals surface area (Å²) < 4.78 is 10.2. The number of pyridine rings is 1. The molecule has 23 heavy (non-hydrogen) atoms. The Balaban J connectivity index is 2.00. The molecule has 2 aromatic rings. The number of aromatic nitrogens is 1. The molecule has 4 N–H and O–H groups in total. The van der Waals surface area contributed by atoms with E-state index in [1.165, 1.54) is 12.1 Å². The summed E-state index contributed by atoms with van der Waals surface area (Å²) in [6, 6.07) is 12.1. The number of hydrogen-bond acceptors (Lipinski definition) is 7. The zero-order valence-electron chi connectivity index (χ0n) is 12.1. The first kappa shape index (κ1) is 16.2. The van der Waals surface area contributed by atoms with Crippen LogP contribution in [-0.2, 0) is 11.4 Å². The maximum Gasteiger partial charge on any atom is 0.420 e. The molecule has 0 radical (unpaired) electrons. The third-order valence-corrected chi connectivity index (χ3v) is 2.66. The quantitative estimate of drug-likeness (QED) is 0.749. The average Bonchev–Trinajstić information content (AvgIpc) is 2.56. The Hall–Kier alpha value is -3.13. The average molecular weight is 317 g/mol. The van der Waals surface area contributed by atoms with E-state index in [2.05, 4.69) is 4.98 Å². The first-order valence-electron chi connectivity index (χ1n) is 6.67. The smallest absolute Gasteiger partial charge is 0.420 e. The molecular formula is C15H15N3O5. The van der Waals surface area contributed by atoms with Crippen LogP contribution < -0.4 is 20.5 Å². The number of amides is 2. The second kappa shape index (κ2) is 7.76. The molecule has 0 unspecified atom stereocenters. The second-order valence-electron chi connectivity index (χ2n) is 4.39. The van der Waals surface area contributed by atoms with Gasteiger partial charge in [0.05, 0.1) is 6.54 Å². The summed E-state index contributed by atoms with van der Waals surface area (Å²) in [6.45, 7) is -0.106. The molecule has 0 spiro atoms. The normalized spacial score (nSPS) is 9.96. The molecule has 0 saturated carbocycles. The number of imide groups is 1. The molecular weight excluding hydrogens is 302 g/mol. The Kier molecular flexibility index (Phi) is 5.48. The van der Waals surface area contributed by atoms with Crippen molar-refractivity contribution in [2.75, 3.05) is 6.54 Å². The van der Waals surface area contributed by atoms with Crippen LogP contribution in [0.2, 0.25) is 0 Å². The van der Waals surface area contributed by atoms with E-state index < -0.39 is 12.0 Å². The fraction of sp³-hybridized carbons (Fsp3) is 0.133. The van der Waals surface area contributed by atoms with Gasteiger partial charge in [-0.25, -0.2) is 4.79 Å². The lowest BCUT2D eigenvalue weighted by molar-refractivity contribution is -0.118. The van der Waals surface area contributed by atoms with Gasteiger partial charge >= 0.3 is 6.09 Å². The number of carbonyl (C=O) groups excluding carboxylic acids is 2. The van der Waals surface area contributed by atoms with Gasteiger partial charge in [-0.15, -0.1) is 0 Å². The number of nitrogens with two attached hydrogens (primary N) is 1. The Bertz CT molecular complexity index is 691. The molecule has 0 atom stereocenters. The first-order chi connectivity index (χ1) is 11.1. The van der Waals surface area contributed by atoms with E-state index in [-0.39, 0.29) is 30.7 Å². The molecule has 0 aliphatic rings. The van der Waals surface area contributed by atoms with Gasteiger partial charge in [0.1, 0.15) is 6.61 Å². The monoisotopic (exact) mass is 317 g/mol.